The number of allylic oxidation sites excluding steroid dienone is 2. The predicted molar refractivity (Wildman–Crippen MR) is 120 cm³/mol. The van der Waals surface area contributed by atoms with E-state index in [1.165, 1.54) is 5.57 Å². The Morgan fingerprint density at radius 1 is 1.20 bits per heavy atom. The zero-order chi connectivity index (χ0) is 22.8. The molecule has 30 heavy (non-hydrogen) atoms. The minimum absolute atomic E-state index is 0.0717. The SMILES string of the molecule is C/C(=C\COC1CCCCO1)CC/C=C(\C)C(C#CC(C)(C)O)OC(=O)C(C)(C)C. The summed E-state index contributed by atoms with van der Waals surface area (Å²) < 4.78 is 16.9. The maximum absolute atomic E-state index is 12.3. The van der Waals surface area contributed by atoms with Gasteiger partial charge in [0.2, 0.25) is 0 Å². The van der Waals surface area contributed by atoms with Crippen LogP contribution in [0.4, 0.5) is 0 Å². The molecule has 0 amide bonds. The fraction of sp³-hybridized carbons (Fsp3) is 0.720. The van der Waals surface area contributed by atoms with Crippen LogP contribution in [0, 0.1) is 17.3 Å². The third-order valence-electron chi connectivity index (χ3n) is 4.62. The lowest BCUT2D eigenvalue weighted by Gasteiger charge is -2.22. The van der Waals surface area contributed by atoms with E-state index in [1.54, 1.807) is 13.8 Å². The second-order valence-electron chi connectivity index (χ2n) is 9.53. The van der Waals surface area contributed by atoms with Crippen molar-refractivity contribution in [3.8, 4) is 11.8 Å². The van der Waals surface area contributed by atoms with E-state index >= 15 is 0 Å². The first-order valence-electron chi connectivity index (χ1n) is 10.9. The van der Waals surface area contributed by atoms with Gasteiger partial charge in [-0.2, -0.15) is 0 Å². The van der Waals surface area contributed by atoms with Crippen LogP contribution in [-0.4, -0.2) is 42.3 Å². The Kier molecular flexibility index (Phi) is 10.8. The molecule has 1 saturated heterocycles. The van der Waals surface area contributed by atoms with Crippen molar-refractivity contribution < 1.29 is 24.1 Å². The van der Waals surface area contributed by atoms with E-state index in [9.17, 15) is 9.90 Å². The van der Waals surface area contributed by atoms with Gasteiger partial charge in [-0.1, -0.05) is 29.6 Å². The Morgan fingerprint density at radius 2 is 1.90 bits per heavy atom. The molecule has 1 fully saturated rings. The molecular weight excluding hydrogens is 380 g/mol. The summed E-state index contributed by atoms with van der Waals surface area (Å²) in [5, 5.41) is 9.91. The highest BCUT2D eigenvalue weighted by Gasteiger charge is 2.26. The highest BCUT2D eigenvalue weighted by Crippen LogP contribution is 2.20. The summed E-state index contributed by atoms with van der Waals surface area (Å²) in [4.78, 5) is 12.3. The zero-order valence-corrected chi connectivity index (χ0v) is 19.8. The van der Waals surface area contributed by atoms with Gasteiger partial charge in [-0.05, 0) is 86.1 Å². The Labute approximate surface area is 182 Å². The first-order valence-corrected chi connectivity index (χ1v) is 10.9. The Morgan fingerprint density at radius 3 is 2.47 bits per heavy atom. The van der Waals surface area contributed by atoms with Gasteiger partial charge in [0.1, 0.15) is 5.60 Å². The van der Waals surface area contributed by atoms with Crippen molar-refractivity contribution in [3.05, 3.63) is 23.3 Å². The highest BCUT2D eigenvalue weighted by molar-refractivity contribution is 5.76. The third kappa shape index (κ3) is 11.5. The molecule has 0 bridgehead atoms. The van der Waals surface area contributed by atoms with Crippen LogP contribution in [0.25, 0.3) is 0 Å². The van der Waals surface area contributed by atoms with Gasteiger partial charge in [-0.15, -0.1) is 0 Å². The number of hydrogen-bond donors (Lipinski definition) is 1. The molecule has 0 aliphatic carbocycles. The van der Waals surface area contributed by atoms with E-state index in [0.29, 0.717) is 6.61 Å². The Bertz CT molecular complexity index is 658. The molecule has 170 valence electrons. The van der Waals surface area contributed by atoms with Gasteiger partial charge < -0.3 is 19.3 Å². The molecule has 0 aromatic heterocycles. The van der Waals surface area contributed by atoms with Crippen molar-refractivity contribution >= 4 is 5.97 Å². The molecule has 0 radical (unpaired) electrons. The monoisotopic (exact) mass is 420 g/mol. The molecule has 5 nitrogen and oxygen atoms in total. The van der Waals surface area contributed by atoms with Gasteiger partial charge in [0, 0.05) is 6.61 Å². The minimum atomic E-state index is -1.14. The Balaban J connectivity index is 2.63. The molecule has 2 atom stereocenters. The average molecular weight is 421 g/mol. The van der Waals surface area contributed by atoms with Crippen LogP contribution in [0.15, 0.2) is 23.3 Å². The topological polar surface area (TPSA) is 65.0 Å². The number of esters is 1. The summed E-state index contributed by atoms with van der Waals surface area (Å²) in [7, 11) is 0. The van der Waals surface area contributed by atoms with Gasteiger partial charge in [0.15, 0.2) is 12.4 Å². The molecule has 1 N–H and O–H groups in total. The summed E-state index contributed by atoms with van der Waals surface area (Å²) in [5.74, 6) is 5.36. The van der Waals surface area contributed by atoms with E-state index in [4.69, 9.17) is 14.2 Å². The molecule has 1 heterocycles. The van der Waals surface area contributed by atoms with E-state index in [-0.39, 0.29) is 12.3 Å². The minimum Gasteiger partial charge on any atom is -0.444 e. The van der Waals surface area contributed by atoms with Crippen molar-refractivity contribution in [2.75, 3.05) is 13.2 Å². The lowest BCUT2D eigenvalue weighted by atomic mass is 9.97. The third-order valence-corrected chi connectivity index (χ3v) is 4.62. The molecule has 2 unspecified atom stereocenters. The molecule has 1 rings (SSSR count). The largest absolute Gasteiger partial charge is 0.444 e. The molecule has 0 aromatic carbocycles. The number of carbonyl (C=O) groups is 1. The van der Waals surface area contributed by atoms with Gasteiger partial charge in [-0.25, -0.2) is 0 Å². The lowest BCUT2D eigenvalue weighted by Crippen LogP contribution is -2.28. The Hall–Kier alpha value is -1.61. The zero-order valence-electron chi connectivity index (χ0n) is 19.8. The molecule has 0 aromatic rings. The van der Waals surface area contributed by atoms with Crippen LogP contribution in [0.3, 0.4) is 0 Å². The van der Waals surface area contributed by atoms with Crippen molar-refractivity contribution in [3.63, 3.8) is 0 Å². The van der Waals surface area contributed by atoms with Crippen LogP contribution >= 0.6 is 0 Å². The first-order chi connectivity index (χ1) is 13.9. The summed E-state index contributed by atoms with van der Waals surface area (Å²) >= 11 is 0. The predicted octanol–water partition coefficient (Wildman–Crippen LogP) is 4.93. The van der Waals surface area contributed by atoms with Crippen LogP contribution in [0.1, 0.15) is 80.6 Å². The standard InChI is InChI=1S/C25H40O5/c1-19(15-18-29-22-13-8-9-17-28-22)11-10-12-20(2)21(14-16-25(6,7)27)30-23(26)24(3,4)5/h12,15,21-22,27H,8-11,13,17-18H2,1-7H3/b19-15+,20-12+. The fourth-order valence-corrected chi connectivity index (χ4v) is 2.64. The summed E-state index contributed by atoms with van der Waals surface area (Å²) in [6.45, 7) is 14.0. The molecule has 1 aliphatic heterocycles. The molecule has 1 aliphatic rings. The second kappa shape index (κ2) is 12.3. The van der Waals surface area contributed by atoms with Crippen molar-refractivity contribution in [1.29, 1.82) is 0 Å². The summed E-state index contributed by atoms with van der Waals surface area (Å²) in [6, 6.07) is 0. The maximum atomic E-state index is 12.3. The van der Waals surface area contributed by atoms with Gasteiger partial charge in [-0.3, -0.25) is 4.79 Å². The van der Waals surface area contributed by atoms with Crippen LogP contribution in [-0.2, 0) is 19.0 Å². The average Bonchev–Trinajstić information content (AvgIpc) is 2.64. The van der Waals surface area contributed by atoms with Crippen molar-refractivity contribution in [2.24, 2.45) is 5.41 Å². The summed E-state index contributed by atoms with van der Waals surface area (Å²) in [6.07, 6.45) is 8.33. The van der Waals surface area contributed by atoms with Crippen LogP contribution in [0.5, 0.6) is 0 Å². The normalized spacial score (nSPS) is 19.7. The lowest BCUT2D eigenvalue weighted by molar-refractivity contribution is -0.155. The van der Waals surface area contributed by atoms with Crippen molar-refractivity contribution in [2.45, 2.75) is 98.6 Å². The molecule has 0 saturated carbocycles. The number of aliphatic hydroxyl groups is 1. The number of ether oxygens (including phenoxy) is 3. The van der Waals surface area contributed by atoms with Gasteiger partial charge in [0.05, 0.1) is 12.0 Å². The smallest absolute Gasteiger partial charge is 0.312 e. The number of hydrogen-bond acceptors (Lipinski definition) is 5. The molecular formula is C25H40O5. The quantitative estimate of drug-likeness (QED) is 0.342. The fourth-order valence-electron chi connectivity index (χ4n) is 2.64. The summed E-state index contributed by atoms with van der Waals surface area (Å²) in [5.41, 5.74) is 0.342. The molecule has 5 heteroatoms. The van der Waals surface area contributed by atoms with E-state index in [2.05, 4.69) is 24.8 Å². The highest BCUT2D eigenvalue weighted by atomic mass is 16.7. The van der Waals surface area contributed by atoms with E-state index in [0.717, 1.165) is 44.3 Å². The van der Waals surface area contributed by atoms with Crippen LogP contribution in [0.2, 0.25) is 0 Å². The van der Waals surface area contributed by atoms with E-state index < -0.39 is 17.1 Å². The number of rotatable bonds is 8. The number of carbonyl (C=O) groups excluding carboxylic acids is 1. The second-order valence-corrected chi connectivity index (χ2v) is 9.53. The maximum Gasteiger partial charge on any atom is 0.312 e. The van der Waals surface area contributed by atoms with Gasteiger partial charge in [0.25, 0.3) is 0 Å². The van der Waals surface area contributed by atoms with Gasteiger partial charge >= 0.3 is 5.97 Å². The van der Waals surface area contributed by atoms with Crippen molar-refractivity contribution in [1.82, 2.24) is 0 Å². The van der Waals surface area contributed by atoms with Crippen LogP contribution < -0.4 is 0 Å². The molecule has 0 spiro atoms. The first kappa shape index (κ1) is 26.4. The van der Waals surface area contributed by atoms with E-state index in [1.807, 2.05) is 33.8 Å².